The average Bonchev–Trinajstić information content (AvgIpc) is 3.46. The van der Waals surface area contributed by atoms with Crippen LogP contribution in [0.1, 0.15) is 30.9 Å². The van der Waals surface area contributed by atoms with Gasteiger partial charge >= 0.3 is 0 Å². The van der Waals surface area contributed by atoms with Crippen molar-refractivity contribution in [1.29, 1.82) is 0 Å². The van der Waals surface area contributed by atoms with Crippen molar-refractivity contribution in [2.75, 3.05) is 0 Å². The lowest BCUT2D eigenvalue weighted by molar-refractivity contribution is -0.384. The van der Waals surface area contributed by atoms with Gasteiger partial charge in [0.05, 0.1) is 15.9 Å². The molecule has 0 bridgehead atoms. The Labute approximate surface area is 176 Å². The number of rotatable bonds is 7. The maximum absolute atomic E-state index is 13.7. The van der Waals surface area contributed by atoms with Crippen molar-refractivity contribution in [3.8, 4) is 0 Å². The van der Waals surface area contributed by atoms with Crippen LogP contribution in [-0.2, 0) is 15.6 Å². The van der Waals surface area contributed by atoms with Crippen molar-refractivity contribution in [2.45, 2.75) is 36.2 Å². The molecule has 1 saturated heterocycles. The van der Waals surface area contributed by atoms with Gasteiger partial charge in [-0.05, 0) is 29.7 Å². The quantitative estimate of drug-likeness (QED) is 0.314. The number of nitro benzene ring substituents is 1. The average molecular weight is 423 g/mol. The van der Waals surface area contributed by atoms with Gasteiger partial charge in [0, 0.05) is 12.1 Å². The zero-order valence-electron chi connectivity index (χ0n) is 16.5. The fourth-order valence-corrected chi connectivity index (χ4v) is 6.29. The van der Waals surface area contributed by atoms with E-state index in [0.29, 0.717) is 6.42 Å². The zero-order valence-corrected chi connectivity index (χ0v) is 17.3. The number of benzene rings is 3. The Morgan fingerprint density at radius 3 is 1.83 bits per heavy atom. The van der Waals surface area contributed by atoms with Crippen LogP contribution >= 0.6 is 0 Å². The number of nitro groups is 1. The first-order chi connectivity index (χ1) is 14.4. The van der Waals surface area contributed by atoms with Gasteiger partial charge in [0.2, 0.25) is 10.0 Å². The standard InChI is InChI=1S/C23H22N2O4S/c1-2-9-22-23(18-10-5-3-6-11-18,19-12-7-4-8-13-19)24(22)30(28,29)21-16-14-20(15-17-21)25(26)27/h3-8,10-17,22H,2,9H2,1H3. The van der Waals surface area contributed by atoms with Gasteiger partial charge in [-0.25, -0.2) is 8.42 Å². The van der Waals surface area contributed by atoms with Crippen LogP contribution in [0.2, 0.25) is 0 Å². The van der Waals surface area contributed by atoms with Gasteiger partial charge < -0.3 is 0 Å². The van der Waals surface area contributed by atoms with Crippen molar-refractivity contribution < 1.29 is 13.3 Å². The second-order valence-electron chi connectivity index (χ2n) is 7.35. The van der Waals surface area contributed by atoms with E-state index < -0.39 is 20.5 Å². The van der Waals surface area contributed by atoms with Crippen LogP contribution in [0.3, 0.4) is 0 Å². The lowest BCUT2D eigenvalue weighted by atomic mass is 9.86. The minimum Gasteiger partial charge on any atom is -0.258 e. The molecular formula is C23H22N2O4S. The molecule has 2 unspecified atom stereocenters. The monoisotopic (exact) mass is 422 g/mol. The van der Waals surface area contributed by atoms with E-state index in [0.717, 1.165) is 17.5 Å². The molecule has 0 amide bonds. The Bertz CT molecular complexity index is 1110. The summed E-state index contributed by atoms with van der Waals surface area (Å²) in [6.45, 7) is 2.04. The topological polar surface area (TPSA) is 80.3 Å². The van der Waals surface area contributed by atoms with Gasteiger partial charge in [-0.2, -0.15) is 4.31 Å². The smallest absolute Gasteiger partial charge is 0.258 e. The molecule has 0 saturated carbocycles. The van der Waals surface area contributed by atoms with Crippen molar-refractivity contribution in [1.82, 2.24) is 4.31 Å². The zero-order chi connectivity index (χ0) is 21.4. The molecule has 0 radical (unpaired) electrons. The summed E-state index contributed by atoms with van der Waals surface area (Å²) in [6, 6.07) is 24.2. The second kappa shape index (κ2) is 7.66. The minimum atomic E-state index is -3.87. The third kappa shape index (κ3) is 3.11. The van der Waals surface area contributed by atoms with Crippen molar-refractivity contribution >= 4 is 15.7 Å². The molecule has 1 aliphatic heterocycles. The lowest BCUT2D eigenvalue weighted by Crippen LogP contribution is -2.23. The molecule has 0 N–H and O–H groups in total. The highest BCUT2D eigenvalue weighted by Crippen LogP contribution is 2.59. The van der Waals surface area contributed by atoms with E-state index in [1.54, 1.807) is 4.31 Å². The molecule has 4 rings (SSSR count). The van der Waals surface area contributed by atoms with Gasteiger partial charge in [-0.1, -0.05) is 74.0 Å². The maximum atomic E-state index is 13.7. The molecule has 1 heterocycles. The van der Waals surface area contributed by atoms with E-state index in [1.807, 2.05) is 67.6 Å². The van der Waals surface area contributed by atoms with Crippen molar-refractivity contribution in [2.24, 2.45) is 0 Å². The third-order valence-electron chi connectivity index (χ3n) is 5.64. The number of hydrogen-bond acceptors (Lipinski definition) is 4. The molecule has 1 fully saturated rings. The summed E-state index contributed by atoms with van der Waals surface area (Å²) in [4.78, 5) is 10.5. The van der Waals surface area contributed by atoms with Crippen LogP contribution in [0.15, 0.2) is 89.8 Å². The van der Waals surface area contributed by atoms with Crippen LogP contribution in [0.25, 0.3) is 0 Å². The highest BCUT2D eigenvalue weighted by Gasteiger charge is 2.69. The molecule has 6 nitrogen and oxygen atoms in total. The first-order valence-electron chi connectivity index (χ1n) is 9.84. The molecule has 30 heavy (non-hydrogen) atoms. The summed E-state index contributed by atoms with van der Waals surface area (Å²) >= 11 is 0. The first-order valence-corrected chi connectivity index (χ1v) is 11.3. The normalized spacial score (nSPS) is 19.9. The number of nitrogens with zero attached hydrogens (tertiary/aromatic N) is 2. The van der Waals surface area contributed by atoms with Gasteiger partial charge in [0.25, 0.3) is 5.69 Å². The summed E-state index contributed by atoms with van der Waals surface area (Å²) in [6.07, 6.45) is 1.54. The molecule has 0 spiro atoms. The Kier molecular flexibility index (Phi) is 5.17. The van der Waals surface area contributed by atoms with E-state index in [1.165, 1.54) is 24.3 Å². The highest BCUT2D eigenvalue weighted by molar-refractivity contribution is 7.89. The summed E-state index contributed by atoms with van der Waals surface area (Å²) in [5.74, 6) is 0. The van der Waals surface area contributed by atoms with E-state index >= 15 is 0 Å². The Balaban J connectivity index is 1.87. The SMILES string of the molecule is CCCC1N(S(=O)(=O)c2ccc([N+](=O)[O-])cc2)C1(c1ccccc1)c1ccccc1. The fraction of sp³-hybridized carbons (Fsp3) is 0.217. The van der Waals surface area contributed by atoms with Crippen molar-refractivity contribution in [3.05, 3.63) is 106 Å². The van der Waals surface area contributed by atoms with Gasteiger partial charge in [0.1, 0.15) is 5.54 Å². The Hall–Kier alpha value is -3.03. The van der Waals surface area contributed by atoms with Crippen LogP contribution in [0.4, 0.5) is 5.69 Å². The summed E-state index contributed by atoms with van der Waals surface area (Å²) in [5, 5.41) is 11.0. The second-order valence-corrected chi connectivity index (χ2v) is 9.17. The third-order valence-corrected chi connectivity index (χ3v) is 7.57. The molecular weight excluding hydrogens is 400 g/mol. The summed E-state index contributed by atoms with van der Waals surface area (Å²) in [7, 11) is -3.87. The van der Waals surface area contributed by atoms with Gasteiger partial charge in [-0.15, -0.1) is 0 Å². The molecule has 7 heteroatoms. The van der Waals surface area contributed by atoms with E-state index in [2.05, 4.69) is 0 Å². The summed E-state index contributed by atoms with van der Waals surface area (Å²) in [5.41, 5.74) is 0.904. The minimum absolute atomic E-state index is 0.0583. The first kappa shape index (κ1) is 20.3. The van der Waals surface area contributed by atoms with Crippen molar-refractivity contribution in [3.63, 3.8) is 0 Å². The van der Waals surface area contributed by atoms with Gasteiger partial charge in [-0.3, -0.25) is 10.1 Å². The fourth-order valence-electron chi connectivity index (χ4n) is 4.32. The van der Waals surface area contributed by atoms with Crippen LogP contribution < -0.4 is 0 Å². The predicted octanol–water partition coefficient (Wildman–Crippen LogP) is 4.71. The van der Waals surface area contributed by atoms with Crippen LogP contribution in [-0.4, -0.2) is 23.7 Å². The summed E-state index contributed by atoms with van der Waals surface area (Å²) < 4.78 is 28.9. The molecule has 0 aromatic heterocycles. The predicted molar refractivity (Wildman–Crippen MR) is 114 cm³/mol. The maximum Gasteiger partial charge on any atom is 0.269 e. The highest BCUT2D eigenvalue weighted by atomic mass is 32.2. The molecule has 2 atom stereocenters. The van der Waals surface area contributed by atoms with Gasteiger partial charge in [0.15, 0.2) is 0 Å². The Morgan fingerprint density at radius 2 is 1.40 bits per heavy atom. The molecule has 3 aromatic carbocycles. The number of non-ortho nitro benzene ring substituents is 1. The van der Waals surface area contributed by atoms with E-state index in [9.17, 15) is 18.5 Å². The van der Waals surface area contributed by atoms with Crippen LogP contribution in [0, 0.1) is 10.1 Å². The lowest BCUT2D eigenvalue weighted by Gasteiger charge is -2.19. The van der Waals surface area contributed by atoms with Crippen LogP contribution in [0.5, 0.6) is 0 Å². The molecule has 3 aromatic rings. The molecule has 154 valence electrons. The van der Waals surface area contributed by atoms with E-state index in [-0.39, 0.29) is 16.6 Å². The largest absolute Gasteiger partial charge is 0.269 e. The molecule has 0 aliphatic carbocycles. The Morgan fingerprint density at radius 1 is 0.900 bits per heavy atom. The number of sulfonamides is 1. The van der Waals surface area contributed by atoms with E-state index in [4.69, 9.17) is 0 Å². The molecule has 1 aliphatic rings. The number of hydrogen-bond donors (Lipinski definition) is 0.